The van der Waals surface area contributed by atoms with E-state index in [2.05, 4.69) is 10.3 Å². The lowest BCUT2D eigenvalue weighted by Gasteiger charge is -2.17. The fraction of sp³-hybridized carbons (Fsp3) is 0.318. The number of carbonyl (C=O) groups excluding carboxylic acids is 1. The first kappa shape index (κ1) is 19.5. The van der Waals surface area contributed by atoms with Gasteiger partial charge in [0.25, 0.3) is 0 Å². The first-order valence-electron chi connectivity index (χ1n) is 9.59. The van der Waals surface area contributed by atoms with Crippen LogP contribution in [0.1, 0.15) is 12.0 Å². The van der Waals surface area contributed by atoms with Crippen LogP contribution in [0.25, 0.3) is 22.2 Å². The number of aryl methyl sites for hydroxylation is 1. The number of carbonyl (C=O) groups is 1. The number of halogens is 2. The second-order valence-electron chi connectivity index (χ2n) is 7.33. The summed E-state index contributed by atoms with van der Waals surface area (Å²) in [6.07, 6.45) is 0.589. The monoisotopic (exact) mass is 400 g/mol. The predicted octanol–water partition coefficient (Wildman–Crippen LogP) is 3.17. The highest BCUT2D eigenvalue weighted by atomic mass is 19.1. The van der Waals surface area contributed by atoms with Crippen molar-refractivity contribution in [2.75, 3.05) is 19.8 Å². The van der Waals surface area contributed by atoms with E-state index >= 15 is 0 Å². The van der Waals surface area contributed by atoms with Crippen LogP contribution >= 0.6 is 0 Å². The van der Waals surface area contributed by atoms with Crippen LogP contribution in [-0.4, -0.2) is 41.9 Å². The van der Waals surface area contributed by atoms with E-state index in [4.69, 9.17) is 4.74 Å². The van der Waals surface area contributed by atoms with E-state index in [0.29, 0.717) is 25.0 Å². The molecule has 0 radical (unpaired) electrons. The molecule has 5 nitrogen and oxygen atoms in total. The Balaban J connectivity index is 1.58. The second kappa shape index (κ2) is 8.31. The number of aromatic nitrogens is 1. The molecule has 1 fully saturated rings. The van der Waals surface area contributed by atoms with Gasteiger partial charge in [0.2, 0.25) is 5.91 Å². The maximum absolute atomic E-state index is 13.9. The molecule has 1 amide bonds. The number of H-pyrrole nitrogens is 1. The molecule has 0 aliphatic carbocycles. The van der Waals surface area contributed by atoms with Crippen molar-refractivity contribution in [2.45, 2.75) is 18.9 Å². The number of aliphatic hydroxyl groups excluding tert-OH is 1. The van der Waals surface area contributed by atoms with Crippen LogP contribution in [0.2, 0.25) is 0 Å². The Bertz CT molecular complexity index is 1020. The van der Waals surface area contributed by atoms with Gasteiger partial charge in [-0.2, -0.15) is 0 Å². The minimum Gasteiger partial charge on any atom is -0.396 e. The molecule has 1 aliphatic heterocycles. The maximum Gasteiger partial charge on any atom is 0.220 e. The lowest BCUT2D eigenvalue weighted by atomic mass is 10.00. The predicted molar refractivity (Wildman–Crippen MR) is 105 cm³/mol. The molecule has 3 aromatic rings. The van der Waals surface area contributed by atoms with Gasteiger partial charge in [0.05, 0.1) is 25.9 Å². The van der Waals surface area contributed by atoms with Gasteiger partial charge in [-0.1, -0.05) is 0 Å². The molecule has 2 aromatic carbocycles. The highest BCUT2D eigenvalue weighted by Gasteiger charge is 2.28. The zero-order valence-corrected chi connectivity index (χ0v) is 15.8. The van der Waals surface area contributed by atoms with E-state index in [1.807, 2.05) is 0 Å². The third-order valence-electron chi connectivity index (χ3n) is 5.38. The molecule has 7 heteroatoms. The van der Waals surface area contributed by atoms with Crippen LogP contribution < -0.4 is 5.32 Å². The van der Waals surface area contributed by atoms with Crippen molar-refractivity contribution in [1.82, 2.24) is 10.3 Å². The van der Waals surface area contributed by atoms with Gasteiger partial charge >= 0.3 is 0 Å². The zero-order chi connectivity index (χ0) is 20.4. The van der Waals surface area contributed by atoms with Gasteiger partial charge in [-0.25, -0.2) is 8.78 Å². The third kappa shape index (κ3) is 4.16. The molecule has 2 heterocycles. The molecule has 0 saturated carbocycles. The number of hydrogen-bond acceptors (Lipinski definition) is 3. The Kier molecular flexibility index (Phi) is 5.60. The molecule has 1 aliphatic rings. The van der Waals surface area contributed by atoms with Gasteiger partial charge in [-0.3, -0.25) is 4.79 Å². The Morgan fingerprint density at radius 1 is 1.14 bits per heavy atom. The Morgan fingerprint density at radius 2 is 1.90 bits per heavy atom. The van der Waals surface area contributed by atoms with Crippen molar-refractivity contribution in [2.24, 2.45) is 5.92 Å². The quantitative estimate of drug-likeness (QED) is 0.595. The molecular formula is C22H22F2N2O3. The van der Waals surface area contributed by atoms with E-state index in [1.165, 1.54) is 24.3 Å². The minimum atomic E-state index is -0.359. The van der Waals surface area contributed by atoms with Crippen LogP contribution in [0.3, 0.4) is 0 Å². The van der Waals surface area contributed by atoms with Crippen molar-refractivity contribution < 1.29 is 23.4 Å². The molecule has 0 bridgehead atoms. The standard InChI is InChI=1S/C22H22F2N2O3/c23-15-3-1-13(2-4-15)22-17(18-9-16(24)5-7-19(18)26-22)6-8-21(28)25-20-12-29-11-14(20)10-27/h1-5,7,9,14,20,26-27H,6,8,10-12H2,(H,25,28)/t14-,20+/m1/s1. The van der Waals surface area contributed by atoms with Crippen molar-refractivity contribution in [3.63, 3.8) is 0 Å². The first-order chi connectivity index (χ1) is 14.0. The molecule has 1 aromatic heterocycles. The Labute approximate surface area is 166 Å². The fourth-order valence-corrected chi connectivity index (χ4v) is 3.80. The Morgan fingerprint density at radius 3 is 2.66 bits per heavy atom. The van der Waals surface area contributed by atoms with Crippen molar-refractivity contribution in [3.8, 4) is 11.3 Å². The maximum atomic E-state index is 13.9. The van der Waals surface area contributed by atoms with E-state index in [1.54, 1.807) is 18.2 Å². The van der Waals surface area contributed by atoms with Crippen LogP contribution in [0.5, 0.6) is 0 Å². The highest BCUT2D eigenvalue weighted by Crippen LogP contribution is 2.32. The summed E-state index contributed by atoms with van der Waals surface area (Å²) in [6.45, 7) is 0.773. The number of aromatic amines is 1. The van der Waals surface area contributed by atoms with Crippen LogP contribution in [-0.2, 0) is 16.0 Å². The molecule has 29 heavy (non-hydrogen) atoms. The smallest absolute Gasteiger partial charge is 0.220 e. The fourth-order valence-electron chi connectivity index (χ4n) is 3.80. The molecule has 4 rings (SSSR count). The van der Waals surface area contributed by atoms with Crippen LogP contribution in [0, 0.1) is 17.6 Å². The molecule has 152 valence electrons. The van der Waals surface area contributed by atoms with Gasteiger partial charge in [0.15, 0.2) is 0 Å². The largest absolute Gasteiger partial charge is 0.396 e. The molecule has 2 atom stereocenters. The van der Waals surface area contributed by atoms with Gasteiger partial charge in [0.1, 0.15) is 11.6 Å². The summed E-state index contributed by atoms with van der Waals surface area (Å²) in [6, 6.07) is 10.3. The molecule has 3 N–H and O–H groups in total. The molecule has 0 unspecified atom stereocenters. The topological polar surface area (TPSA) is 74.4 Å². The zero-order valence-electron chi connectivity index (χ0n) is 15.8. The second-order valence-corrected chi connectivity index (χ2v) is 7.33. The summed E-state index contributed by atoms with van der Waals surface area (Å²) in [5.74, 6) is -0.957. The number of hydrogen-bond donors (Lipinski definition) is 3. The van der Waals surface area contributed by atoms with E-state index in [0.717, 1.165) is 22.3 Å². The van der Waals surface area contributed by atoms with E-state index < -0.39 is 0 Å². The van der Waals surface area contributed by atoms with Gasteiger partial charge in [0, 0.05) is 28.9 Å². The summed E-state index contributed by atoms with van der Waals surface area (Å²) in [7, 11) is 0. The lowest BCUT2D eigenvalue weighted by Crippen LogP contribution is -2.41. The van der Waals surface area contributed by atoms with Crippen LogP contribution in [0.4, 0.5) is 8.78 Å². The molecule has 0 spiro atoms. The number of nitrogens with one attached hydrogen (secondary N) is 2. The van der Waals surface area contributed by atoms with Crippen molar-refractivity contribution in [3.05, 3.63) is 59.7 Å². The summed E-state index contributed by atoms with van der Waals surface area (Å²) < 4.78 is 32.5. The first-order valence-corrected chi connectivity index (χ1v) is 9.59. The molecular weight excluding hydrogens is 378 g/mol. The van der Waals surface area contributed by atoms with Crippen molar-refractivity contribution >= 4 is 16.8 Å². The number of amides is 1. The van der Waals surface area contributed by atoms with E-state index in [-0.39, 0.29) is 42.5 Å². The average Bonchev–Trinajstić information content (AvgIpc) is 3.30. The number of benzene rings is 2. The highest BCUT2D eigenvalue weighted by molar-refractivity contribution is 5.91. The van der Waals surface area contributed by atoms with Gasteiger partial charge < -0.3 is 20.1 Å². The number of fused-ring (bicyclic) bond motifs is 1. The number of ether oxygens (including phenoxy) is 1. The summed E-state index contributed by atoms with van der Waals surface area (Å²) in [4.78, 5) is 15.7. The Hall–Kier alpha value is -2.77. The summed E-state index contributed by atoms with van der Waals surface area (Å²) in [5, 5.41) is 13.0. The van der Waals surface area contributed by atoms with Crippen LogP contribution in [0.15, 0.2) is 42.5 Å². The number of aliphatic hydroxyl groups is 1. The SMILES string of the molecule is O=C(CCc1c(-c2ccc(F)cc2)[nH]c2ccc(F)cc12)N[C@H]1COC[C@H]1CO. The van der Waals surface area contributed by atoms with Gasteiger partial charge in [-0.15, -0.1) is 0 Å². The summed E-state index contributed by atoms with van der Waals surface area (Å²) >= 11 is 0. The third-order valence-corrected chi connectivity index (χ3v) is 5.38. The van der Waals surface area contributed by atoms with Crippen molar-refractivity contribution in [1.29, 1.82) is 0 Å². The number of rotatable bonds is 6. The van der Waals surface area contributed by atoms with Gasteiger partial charge in [-0.05, 0) is 60.0 Å². The normalized spacial score (nSPS) is 19.0. The minimum absolute atomic E-state index is 0.0403. The lowest BCUT2D eigenvalue weighted by molar-refractivity contribution is -0.122. The average molecular weight is 400 g/mol. The van der Waals surface area contributed by atoms with E-state index in [9.17, 15) is 18.7 Å². The summed E-state index contributed by atoms with van der Waals surface area (Å²) in [5.41, 5.74) is 3.08. The molecule has 1 saturated heterocycles.